The summed E-state index contributed by atoms with van der Waals surface area (Å²) < 4.78 is 23.1. The van der Waals surface area contributed by atoms with Crippen LogP contribution in [0.15, 0.2) is 203 Å². The van der Waals surface area contributed by atoms with Crippen LogP contribution in [0.5, 0.6) is 0 Å². The van der Waals surface area contributed by atoms with Crippen LogP contribution in [0.2, 0.25) is 0 Å². The summed E-state index contributed by atoms with van der Waals surface area (Å²) in [4.78, 5) is 28.9. The minimum atomic E-state index is -1.12. The van der Waals surface area contributed by atoms with Crippen molar-refractivity contribution in [3.05, 3.63) is 254 Å². The molecule has 1 fully saturated rings. The van der Waals surface area contributed by atoms with Crippen molar-refractivity contribution in [3.63, 3.8) is 0 Å². The number of H-pyrrole nitrogens is 1. The highest BCUT2D eigenvalue weighted by Crippen LogP contribution is 2.48. The largest absolute Gasteiger partial charge is 0.358 e. The van der Waals surface area contributed by atoms with Crippen LogP contribution in [0.25, 0.3) is 6.08 Å². The Bertz CT molecular complexity index is 2360. The van der Waals surface area contributed by atoms with Crippen LogP contribution < -0.4 is 11.2 Å². The van der Waals surface area contributed by atoms with Crippen molar-refractivity contribution in [1.82, 2.24) is 9.55 Å². The molecule has 6 aromatic carbocycles. The third-order valence-electron chi connectivity index (χ3n) is 10.6. The van der Waals surface area contributed by atoms with Gasteiger partial charge in [-0.1, -0.05) is 216 Å². The highest BCUT2D eigenvalue weighted by Gasteiger charge is 2.52. The molecule has 9 heteroatoms. The summed E-state index contributed by atoms with van der Waals surface area (Å²) in [6.45, 7) is 0.0559. The Kier molecular flexibility index (Phi) is 12.0. The Morgan fingerprint density at radius 1 is 0.621 bits per heavy atom. The Labute approximate surface area is 355 Å². The first-order chi connectivity index (χ1) is 28.5. The summed E-state index contributed by atoms with van der Waals surface area (Å²) in [5, 5.41) is 0. The number of alkyl halides is 1. The van der Waals surface area contributed by atoms with Gasteiger partial charge in [-0.3, -0.25) is 14.3 Å². The molecule has 0 unspecified atom stereocenters. The highest BCUT2D eigenvalue weighted by atomic mass is 127. The smallest absolute Gasteiger partial charge is 0.330 e. The van der Waals surface area contributed by atoms with Gasteiger partial charge in [-0.15, -0.1) is 0 Å². The average Bonchev–Trinajstić information content (AvgIpc) is 3.59. The normalized spacial score (nSPS) is 18.4. The topological polar surface area (TPSA) is 82.6 Å². The van der Waals surface area contributed by atoms with Gasteiger partial charge in [0.05, 0.1) is 16.1 Å². The van der Waals surface area contributed by atoms with Crippen molar-refractivity contribution >= 4 is 40.3 Å². The molecule has 8 rings (SSSR count). The molecule has 0 saturated carbocycles. The summed E-state index contributed by atoms with van der Waals surface area (Å²) in [5.41, 5.74) is 3.67. The molecule has 1 aromatic heterocycles. The molecule has 1 aliphatic heterocycles. The molecule has 0 bridgehead atoms. The van der Waals surface area contributed by atoms with Crippen molar-refractivity contribution in [1.29, 1.82) is 0 Å². The van der Waals surface area contributed by atoms with Crippen LogP contribution in [0, 0.1) is 0 Å². The van der Waals surface area contributed by atoms with E-state index in [9.17, 15) is 9.59 Å². The Balaban J connectivity index is 1.31. The standard InChI is InChI=1S/C49H40ClIN2O5/c50-32-31-35-33-53(47(55)52-45(35)54)46-43(51)44(58-49(39-25-13-4-14-26-39,40-27-15-5-16-28-40)41-29-17-6-18-30-41)42(57-46)34-56-48(36-19-7-1-8-20-36,37-21-9-2-10-22-37)38-23-11-3-12-24-38/h1-33,42-44,46H,34H2,(H,52,54,55)/t42-,43-,44-,46-/m1/s1. The van der Waals surface area contributed by atoms with Crippen LogP contribution in [0.3, 0.4) is 0 Å². The molecule has 0 amide bonds. The molecule has 4 atom stereocenters. The van der Waals surface area contributed by atoms with Gasteiger partial charge in [-0.05, 0) is 39.5 Å². The van der Waals surface area contributed by atoms with Crippen LogP contribution >= 0.6 is 34.2 Å². The second-order valence-electron chi connectivity index (χ2n) is 14.0. The maximum Gasteiger partial charge on any atom is 0.330 e. The third-order valence-corrected chi connectivity index (χ3v) is 12.1. The fourth-order valence-corrected chi connectivity index (χ4v) is 9.23. The number of rotatable bonds is 13. The second-order valence-corrected chi connectivity index (χ2v) is 15.7. The van der Waals surface area contributed by atoms with Crippen molar-refractivity contribution < 1.29 is 14.2 Å². The van der Waals surface area contributed by atoms with E-state index < -0.39 is 44.8 Å². The minimum absolute atomic E-state index is 0.0559. The highest BCUT2D eigenvalue weighted by molar-refractivity contribution is 14.1. The van der Waals surface area contributed by atoms with E-state index >= 15 is 0 Å². The van der Waals surface area contributed by atoms with E-state index in [1.54, 1.807) is 0 Å². The molecule has 1 N–H and O–H groups in total. The van der Waals surface area contributed by atoms with Crippen LogP contribution in [0.4, 0.5) is 0 Å². The minimum Gasteiger partial charge on any atom is -0.358 e. The van der Waals surface area contributed by atoms with Crippen molar-refractivity contribution in [3.8, 4) is 0 Å². The zero-order valence-corrected chi connectivity index (χ0v) is 34.2. The number of hydrogen-bond donors (Lipinski definition) is 1. The Hall–Kier alpha value is -5.36. The van der Waals surface area contributed by atoms with Crippen LogP contribution in [-0.2, 0) is 25.4 Å². The fourth-order valence-electron chi connectivity index (χ4n) is 7.97. The van der Waals surface area contributed by atoms with Gasteiger partial charge in [0, 0.05) is 11.7 Å². The second kappa shape index (κ2) is 17.6. The zero-order chi connectivity index (χ0) is 40.0. The first kappa shape index (κ1) is 39.5. The predicted molar refractivity (Wildman–Crippen MR) is 237 cm³/mol. The molecule has 290 valence electrons. The Morgan fingerprint density at radius 3 is 1.38 bits per heavy atom. The maximum absolute atomic E-state index is 13.7. The number of aromatic amines is 1. The molecule has 0 aliphatic carbocycles. The van der Waals surface area contributed by atoms with Crippen LogP contribution in [-0.4, -0.2) is 32.3 Å². The molecule has 7 nitrogen and oxygen atoms in total. The molecule has 0 spiro atoms. The predicted octanol–water partition coefficient (Wildman–Crippen LogP) is 9.83. The summed E-state index contributed by atoms with van der Waals surface area (Å²) >= 11 is 8.25. The quantitative estimate of drug-likeness (QED) is 0.0709. The summed E-state index contributed by atoms with van der Waals surface area (Å²) in [6, 6.07) is 60.9. The molecular weight excluding hydrogens is 859 g/mol. The molecule has 0 radical (unpaired) electrons. The maximum atomic E-state index is 13.7. The van der Waals surface area contributed by atoms with Gasteiger partial charge in [-0.2, -0.15) is 0 Å². The number of ether oxygens (including phenoxy) is 3. The van der Waals surface area contributed by atoms with Gasteiger partial charge in [-0.25, -0.2) is 4.79 Å². The first-order valence-corrected chi connectivity index (χ1v) is 20.7. The van der Waals surface area contributed by atoms with Gasteiger partial charge in [0.15, 0.2) is 6.23 Å². The lowest BCUT2D eigenvalue weighted by Crippen LogP contribution is -2.45. The van der Waals surface area contributed by atoms with Gasteiger partial charge >= 0.3 is 5.69 Å². The van der Waals surface area contributed by atoms with Gasteiger partial charge < -0.3 is 14.2 Å². The van der Waals surface area contributed by atoms with Crippen LogP contribution in [0.1, 0.15) is 45.2 Å². The monoisotopic (exact) mass is 898 g/mol. The zero-order valence-electron chi connectivity index (χ0n) is 31.3. The average molecular weight is 899 g/mol. The van der Waals surface area contributed by atoms with E-state index in [0.717, 1.165) is 33.4 Å². The molecular formula is C49H40ClIN2O5. The SMILES string of the molecule is O=c1[nH]c(=O)n([C@@H]2O[C@H](COC(c3ccccc3)(c3ccccc3)c3ccccc3)[C@@H](OC(c3ccccc3)(c3ccccc3)c3ccccc3)[C@H]2I)cc1C=CCl. The van der Waals surface area contributed by atoms with E-state index in [1.807, 2.05) is 109 Å². The van der Waals surface area contributed by atoms with Gasteiger partial charge in [0.2, 0.25) is 0 Å². The lowest BCUT2D eigenvalue weighted by molar-refractivity contribution is -0.126. The van der Waals surface area contributed by atoms with E-state index in [-0.39, 0.29) is 12.2 Å². The number of aromatic nitrogens is 2. The van der Waals surface area contributed by atoms with Gasteiger partial charge in [0.25, 0.3) is 5.56 Å². The number of halogens is 2. The molecule has 1 aliphatic rings. The van der Waals surface area contributed by atoms with E-state index in [4.69, 9.17) is 25.8 Å². The number of nitrogens with zero attached hydrogens (tertiary/aromatic N) is 1. The lowest BCUT2D eigenvalue weighted by Gasteiger charge is -2.41. The number of nitrogens with one attached hydrogen (secondary N) is 1. The molecule has 1 saturated heterocycles. The van der Waals surface area contributed by atoms with Crippen molar-refractivity contribution in [2.75, 3.05) is 6.61 Å². The van der Waals surface area contributed by atoms with E-state index in [0.29, 0.717) is 0 Å². The summed E-state index contributed by atoms with van der Waals surface area (Å²) in [7, 11) is 0. The number of benzene rings is 6. The summed E-state index contributed by atoms with van der Waals surface area (Å²) in [6.07, 6.45) is 0.644. The molecule has 7 aromatic rings. The van der Waals surface area contributed by atoms with E-state index in [2.05, 4.69) is 100 Å². The third kappa shape index (κ3) is 7.54. The fraction of sp³-hybridized carbons (Fsp3) is 0.143. The van der Waals surface area contributed by atoms with Gasteiger partial charge in [0.1, 0.15) is 23.4 Å². The molecule has 2 heterocycles. The Morgan fingerprint density at radius 2 is 1.00 bits per heavy atom. The molecule has 58 heavy (non-hydrogen) atoms. The number of hydrogen-bond acceptors (Lipinski definition) is 5. The first-order valence-electron chi connectivity index (χ1n) is 19.0. The summed E-state index contributed by atoms with van der Waals surface area (Å²) in [5.74, 6) is 0. The van der Waals surface area contributed by atoms with Crippen molar-refractivity contribution in [2.45, 2.75) is 33.6 Å². The lowest BCUT2D eigenvalue weighted by atomic mass is 9.79. The van der Waals surface area contributed by atoms with E-state index in [1.165, 1.54) is 22.4 Å². The van der Waals surface area contributed by atoms with Crippen molar-refractivity contribution in [2.24, 2.45) is 0 Å².